The number of carbonyl (C=O) groups excluding carboxylic acids is 1. The number of phenols is 1. The van der Waals surface area contributed by atoms with E-state index in [9.17, 15) is 9.90 Å². The number of rotatable bonds is 2. The summed E-state index contributed by atoms with van der Waals surface area (Å²) in [4.78, 5) is 11.8. The number of phenolic OH excluding ortho intramolecular Hbond substituents is 1. The van der Waals surface area contributed by atoms with Crippen molar-refractivity contribution < 1.29 is 9.90 Å². The summed E-state index contributed by atoms with van der Waals surface area (Å²) in [5, 5.41) is 12.4. The Morgan fingerprint density at radius 1 is 1.50 bits per heavy atom. The van der Waals surface area contributed by atoms with Gasteiger partial charge in [0, 0.05) is 0 Å². The van der Waals surface area contributed by atoms with Crippen LogP contribution in [0.5, 0.6) is 5.75 Å². The number of anilines is 1. The van der Waals surface area contributed by atoms with Crippen LogP contribution in [0.15, 0.2) is 22.7 Å². The molecule has 5 heteroatoms. The van der Waals surface area contributed by atoms with Gasteiger partial charge >= 0.3 is 0 Å². The van der Waals surface area contributed by atoms with Crippen LogP contribution in [0, 0.1) is 0 Å². The van der Waals surface area contributed by atoms with Crippen molar-refractivity contribution in [3.05, 3.63) is 22.7 Å². The van der Waals surface area contributed by atoms with Crippen molar-refractivity contribution in [2.45, 2.75) is 24.8 Å². The largest absolute Gasteiger partial charge is 0.505 e. The third-order valence-corrected chi connectivity index (χ3v) is 3.57. The highest BCUT2D eigenvalue weighted by Gasteiger charge is 2.40. The zero-order valence-electron chi connectivity index (χ0n) is 8.66. The summed E-state index contributed by atoms with van der Waals surface area (Å²) in [5.41, 5.74) is 5.51. The lowest BCUT2D eigenvalue weighted by Crippen LogP contribution is -2.56. The molecule has 1 aromatic carbocycles. The second-order valence-corrected chi connectivity index (χ2v) is 4.95. The third kappa shape index (κ3) is 1.92. The number of nitrogens with two attached hydrogens (primary N) is 1. The standard InChI is InChI=1S/C11H13BrN2O2/c12-7-3-1-4-8(9(7)15)14-10(16)11(13)5-2-6-11/h1,3-4,15H,2,5-6,13H2,(H,14,16). The Hall–Kier alpha value is -1.07. The molecule has 2 rings (SSSR count). The SMILES string of the molecule is NC1(C(=O)Nc2cccc(Br)c2O)CCC1. The van der Waals surface area contributed by atoms with Gasteiger partial charge in [-0.05, 0) is 47.3 Å². The van der Waals surface area contributed by atoms with Crippen molar-refractivity contribution in [2.75, 3.05) is 5.32 Å². The summed E-state index contributed by atoms with van der Waals surface area (Å²) in [7, 11) is 0. The Morgan fingerprint density at radius 2 is 2.19 bits per heavy atom. The predicted octanol–water partition coefficient (Wildman–Crippen LogP) is 1.97. The van der Waals surface area contributed by atoms with E-state index in [-0.39, 0.29) is 11.7 Å². The highest BCUT2D eigenvalue weighted by atomic mass is 79.9. The Morgan fingerprint density at radius 3 is 2.75 bits per heavy atom. The first-order valence-electron chi connectivity index (χ1n) is 5.11. The minimum Gasteiger partial charge on any atom is -0.505 e. The fourth-order valence-corrected chi connectivity index (χ4v) is 2.01. The molecule has 0 saturated heterocycles. The number of halogens is 1. The maximum Gasteiger partial charge on any atom is 0.244 e. The molecule has 0 radical (unpaired) electrons. The molecule has 0 atom stereocenters. The van der Waals surface area contributed by atoms with Crippen molar-refractivity contribution in [3.8, 4) is 5.75 Å². The predicted molar refractivity (Wildman–Crippen MR) is 65.2 cm³/mol. The molecule has 16 heavy (non-hydrogen) atoms. The van der Waals surface area contributed by atoms with E-state index in [4.69, 9.17) is 5.73 Å². The second kappa shape index (κ2) is 4.07. The quantitative estimate of drug-likeness (QED) is 0.727. The van der Waals surface area contributed by atoms with E-state index in [2.05, 4.69) is 21.2 Å². The second-order valence-electron chi connectivity index (χ2n) is 4.10. The minimum atomic E-state index is -0.755. The fourth-order valence-electron chi connectivity index (χ4n) is 1.65. The van der Waals surface area contributed by atoms with Crippen LogP contribution in [-0.2, 0) is 4.79 Å². The van der Waals surface area contributed by atoms with E-state index in [1.165, 1.54) is 0 Å². The van der Waals surface area contributed by atoms with Gasteiger partial charge in [0.1, 0.15) is 0 Å². The summed E-state index contributed by atoms with van der Waals surface area (Å²) < 4.78 is 0.546. The molecule has 0 bridgehead atoms. The van der Waals surface area contributed by atoms with Crippen LogP contribution in [0.1, 0.15) is 19.3 Å². The summed E-state index contributed by atoms with van der Waals surface area (Å²) >= 11 is 3.18. The molecule has 1 aliphatic carbocycles. The van der Waals surface area contributed by atoms with Gasteiger partial charge in [-0.2, -0.15) is 0 Å². The number of aromatic hydroxyl groups is 1. The topological polar surface area (TPSA) is 75.4 Å². The maximum atomic E-state index is 11.8. The zero-order valence-corrected chi connectivity index (χ0v) is 10.3. The lowest BCUT2D eigenvalue weighted by atomic mass is 9.77. The fraction of sp³-hybridized carbons (Fsp3) is 0.364. The van der Waals surface area contributed by atoms with E-state index in [0.29, 0.717) is 23.0 Å². The van der Waals surface area contributed by atoms with Crippen molar-refractivity contribution in [1.29, 1.82) is 0 Å². The van der Waals surface area contributed by atoms with Gasteiger partial charge in [0.2, 0.25) is 5.91 Å². The Bertz CT molecular complexity index is 430. The van der Waals surface area contributed by atoms with Crippen LogP contribution in [0.25, 0.3) is 0 Å². The first-order chi connectivity index (χ1) is 7.53. The van der Waals surface area contributed by atoms with Crippen molar-refractivity contribution in [1.82, 2.24) is 0 Å². The van der Waals surface area contributed by atoms with Crippen molar-refractivity contribution >= 4 is 27.5 Å². The smallest absolute Gasteiger partial charge is 0.244 e. The van der Waals surface area contributed by atoms with Gasteiger partial charge < -0.3 is 16.2 Å². The van der Waals surface area contributed by atoms with Crippen LogP contribution in [-0.4, -0.2) is 16.6 Å². The molecule has 0 heterocycles. The van der Waals surface area contributed by atoms with Gasteiger partial charge in [-0.15, -0.1) is 0 Å². The molecular formula is C11H13BrN2O2. The maximum absolute atomic E-state index is 11.8. The summed E-state index contributed by atoms with van der Waals surface area (Å²) in [5.74, 6) is -0.203. The lowest BCUT2D eigenvalue weighted by molar-refractivity contribution is -0.123. The van der Waals surface area contributed by atoms with E-state index in [0.717, 1.165) is 6.42 Å². The van der Waals surface area contributed by atoms with Gasteiger partial charge in [0.25, 0.3) is 0 Å². The summed E-state index contributed by atoms with van der Waals surface area (Å²) in [6, 6.07) is 5.08. The number of hydrogen-bond donors (Lipinski definition) is 3. The normalized spacial score (nSPS) is 17.6. The van der Waals surface area contributed by atoms with Crippen LogP contribution >= 0.6 is 15.9 Å². The van der Waals surface area contributed by atoms with E-state index < -0.39 is 5.54 Å². The molecule has 0 spiro atoms. The van der Waals surface area contributed by atoms with Gasteiger partial charge in [-0.25, -0.2) is 0 Å². The molecule has 86 valence electrons. The minimum absolute atomic E-state index is 0.0266. The lowest BCUT2D eigenvalue weighted by Gasteiger charge is -2.36. The average Bonchev–Trinajstić information content (AvgIpc) is 2.21. The van der Waals surface area contributed by atoms with Gasteiger partial charge in [-0.1, -0.05) is 6.07 Å². The molecule has 1 fully saturated rings. The molecule has 0 aromatic heterocycles. The molecule has 4 nitrogen and oxygen atoms in total. The average molecular weight is 285 g/mol. The van der Waals surface area contributed by atoms with E-state index in [1.807, 2.05) is 0 Å². The van der Waals surface area contributed by atoms with Crippen molar-refractivity contribution in [2.24, 2.45) is 5.73 Å². The Labute approximate surface area is 102 Å². The molecule has 1 saturated carbocycles. The van der Waals surface area contributed by atoms with E-state index in [1.54, 1.807) is 18.2 Å². The number of nitrogens with one attached hydrogen (secondary N) is 1. The molecule has 0 aliphatic heterocycles. The van der Waals surface area contributed by atoms with Crippen molar-refractivity contribution in [3.63, 3.8) is 0 Å². The monoisotopic (exact) mass is 284 g/mol. The van der Waals surface area contributed by atoms with Gasteiger partial charge in [0.15, 0.2) is 5.75 Å². The highest BCUT2D eigenvalue weighted by molar-refractivity contribution is 9.10. The molecule has 1 amide bonds. The number of para-hydroxylation sites is 1. The Balaban J connectivity index is 2.15. The zero-order chi connectivity index (χ0) is 11.8. The molecular weight excluding hydrogens is 272 g/mol. The number of carbonyl (C=O) groups is 1. The van der Waals surface area contributed by atoms with Gasteiger partial charge in [0.05, 0.1) is 15.7 Å². The number of hydrogen-bond acceptors (Lipinski definition) is 3. The molecule has 1 aliphatic rings. The molecule has 4 N–H and O–H groups in total. The molecule has 0 unspecified atom stereocenters. The van der Waals surface area contributed by atoms with Crippen LogP contribution in [0.4, 0.5) is 5.69 Å². The first kappa shape index (κ1) is 11.4. The molecule has 1 aromatic rings. The summed E-state index contributed by atoms with van der Waals surface area (Å²) in [6.07, 6.45) is 2.38. The third-order valence-electron chi connectivity index (χ3n) is 2.93. The van der Waals surface area contributed by atoms with E-state index >= 15 is 0 Å². The summed E-state index contributed by atoms with van der Waals surface area (Å²) in [6.45, 7) is 0. The first-order valence-corrected chi connectivity index (χ1v) is 5.90. The van der Waals surface area contributed by atoms with Gasteiger partial charge in [-0.3, -0.25) is 4.79 Å². The highest BCUT2D eigenvalue weighted by Crippen LogP contribution is 2.34. The number of benzene rings is 1. The van der Waals surface area contributed by atoms with Crippen LogP contribution in [0.3, 0.4) is 0 Å². The Kier molecular flexibility index (Phi) is 2.90. The number of amides is 1. The van der Waals surface area contributed by atoms with Crippen LogP contribution in [0.2, 0.25) is 0 Å². The van der Waals surface area contributed by atoms with Crippen LogP contribution < -0.4 is 11.1 Å².